The molecule has 3 aromatic rings. The van der Waals surface area contributed by atoms with Gasteiger partial charge in [0.1, 0.15) is 11.3 Å². The van der Waals surface area contributed by atoms with Gasteiger partial charge in [-0.15, -0.1) is 0 Å². The summed E-state index contributed by atoms with van der Waals surface area (Å²) in [4.78, 5) is 12.2. The lowest BCUT2D eigenvalue weighted by Crippen LogP contribution is -2.14. The smallest absolute Gasteiger partial charge is 0.345 e. The van der Waals surface area contributed by atoms with Gasteiger partial charge in [-0.3, -0.25) is 0 Å². The molecule has 2 aromatic carbocycles. The molecule has 1 aliphatic heterocycles. The van der Waals surface area contributed by atoms with Gasteiger partial charge in [0.15, 0.2) is 0 Å². The SMILES string of the molecule is O=c1oc2ccccc2cc1C1=NN[C@H](c2cccc(O)c2)C1. The fourth-order valence-corrected chi connectivity index (χ4v) is 2.81. The molecule has 1 aromatic heterocycles. The van der Waals surface area contributed by atoms with Gasteiger partial charge in [0, 0.05) is 11.8 Å². The summed E-state index contributed by atoms with van der Waals surface area (Å²) < 4.78 is 5.36. The molecule has 0 radical (unpaired) electrons. The predicted octanol–water partition coefficient (Wildman–Crippen LogP) is 2.94. The first-order chi connectivity index (χ1) is 11.2. The predicted molar refractivity (Wildman–Crippen MR) is 87.6 cm³/mol. The summed E-state index contributed by atoms with van der Waals surface area (Å²) in [6, 6.07) is 16.2. The second-order valence-corrected chi connectivity index (χ2v) is 5.52. The van der Waals surface area contributed by atoms with Gasteiger partial charge in [-0.1, -0.05) is 30.3 Å². The number of para-hydroxylation sites is 1. The van der Waals surface area contributed by atoms with Crippen LogP contribution in [-0.2, 0) is 0 Å². The molecule has 0 amide bonds. The van der Waals surface area contributed by atoms with Crippen molar-refractivity contribution in [2.24, 2.45) is 5.10 Å². The van der Waals surface area contributed by atoms with Crippen LogP contribution < -0.4 is 11.1 Å². The number of phenolic OH excluding ortho intramolecular Hbond substituents is 1. The highest BCUT2D eigenvalue weighted by molar-refractivity contribution is 6.03. The third-order valence-corrected chi connectivity index (χ3v) is 3.98. The molecule has 0 unspecified atom stereocenters. The molecule has 4 rings (SSSR count). The molecule has 1 atom stereocenters. The molecular weight excluding hydrogens is 292 g/mol. The van der Waals surface area contributed by atoms with Crippen molar-refractivity contribution in [3.8, 4) is 5.75 Å². The molecule has 5 heteroatoms. The number of phenols is 1. The Morgan fingerprint density at radius 2 is 2.00 bits per heavy atom. The number of benzene rings is 2. The summed E-state index contributed by atoms with van der Waals surface area (Å²) >= 11 is 0. The number of fused-ring (bicyclic) bond motifs is 1. The summed E-state index contributed by atoms with van der Waals surface area (Å²) in [5.41, 5.74) is 5.26. The highest BCUT2D eigenvalue weighted by Crippen LogP contribution is 2.26. The van der Waals surface area contributed by atoms with Crippen molar-refractivity contribution in [2.45, 2.75) is 12.5 Å². The maximum Gasteiger partial charge on any atom is 0.345 e. The largest absolute Gasteiger partial charge is 0.508 e. The van der Waals surface area contributed by atoms with Gasteiger partial charge in [-0.2, -0.15) is 5.10 Å². The van der Waals surface area contributed by atoms with E-state index in [9.17, 15) is 9.90 Å². The summed E-state index contributed by atoms with van der Waals surface area (Å²) in [6.45, 7) is 0. The van der Waals surface area contributed by atoms with Crippen molar-refractivity contribution in [1.29, 1.82) is 0 Å². The second kappa shape index (κ2) is 5.28. The number of aromatic hydroxyl groups is 1. The average Bonchev–Trinajstić information content (AvgIpc) is 3.04. The highest BCUT2D eigenvalue weighted by Gasteiger charge is 2.24. The number of hydrogen-bond donors (Lipinski definition) is 2. The van der Waals surface area contributed by atoms with Crippen LogP contribution in [0.15, 0.2) is 68.9 Å². The zero-order valence-electron chi connectivity index (χ0n) is 12.2. The van der Waals surface area contributed by atoms with Crippen LogP contribution in [0.3, 0.4) is 0 Å². The first kappa shape index (κ1) is 13.6. The van der Waals surface area contributed by atoms with Crippen LogP contribution in [0.25, 0.3) is 11.0 Å². The van der Waals surface area contributed by atoms with Crippen LogP contribution in [0, 0.1) is 0 Å². The van der Waals surface area contributed by atoms with E-state index < -0.39 is 0 Å². The molecule has 1 aliphatic rings. The van der Waals surface area contributed by atoms with Gasteiger partial charge < -0.3 is 14.9 Å². The van der Waals surface area contributed by atoms with Crippen molar-refractivity contribution in [1.82, 2.24) is 5.43 Å². The first-order valence-corrected chi connectivity index (χ1v) is 7.35. The summed E-state index contributed by atoms with van der Waals surface area (Å²) in [6.07, 6.45) is 0.562. The fraction of sp³-hybridized carbons (Fsp3) is 0.111. The zero-order chi connectivity index (χ0) is 15.8. The van der Waals surface area contributed by atoms with Crippen molar-refractivity contribution in [3.63, 3.8) is 0 Å². The minimum absolute atomic E-state index is 0.0667. The molecule has 114 valence electrons. The van der Waals surface area contributed by atoms with Gasteiger partial charge in [0.05, 0.1) is 17.3 Å². The first-order valence-electron chi connectivity index (χ1n) is 7.35. The molecule has 5 nitrogen and oxygen atoms in total. The van der Waals surface area contributed by atoms with E-state index in [0.29, 0.717) is 23.3 Å². The molecule has 0 fully saturated rings. The Bertz CT molecular complexity index is 975. The van der Waals surface area contributed by atoms with Gasteiger partial charge in [0.2, 0.25) is 0 Å². The van der Waals surface area contributed by atoms with E-state index >= 15 is 0 Å². The number of nitrogens with zero attached hydrogens (tertiary/aromatic N) is 1. The van der Waals surface area contributed by atoms with Gasteiger partial charge in [0.25, 0.3) is 0 Å². The molecular formula is C18H14N2O3. The quantitative estimate of drug-likeness (QED) is 0.714. The van der Waals surface area contributed by atoms with E-state index in [1.807, 2.05) is 30.3 Å². The molecule has 2 N–H and O–H groups in total. The number of nitrogens with one attached hydrogen (secondary N) is 1. The van der Waals surface area contributed by atoms with Crippen LogP contribution in [0.5, 0.6) is 5.75 Å². The molecule has 23 heavy (non-hydrogen) atoms. The molecule has 0 spiro atoms. The topological polar surface area (TPSA) is 74.8 Å². The summed E-state index contributed by atoms with van der Waals surface area (Å²) in [5.74, 6) is 0.211. The van der Waals surface area contributed by atoms with Gasteiger partial charge >= 0.3 is 5.63 Å². The number of rotatable bonds is 2. The lowest BCUT2D eigenvalue weighted by atomic mass is 9.99. The lowest BCUT2D eigenvalue weighted by Gasteiger charge is -2.10. The molecule has 0 saturated heterocycles. The maximum absolute atomic E-state index is 12.2. The third kappa shape index (κ3) is 2.46. The maximum atomic E-state index is 12.2. The van der Waals surface area contributed by atoms with Crippen molar-refractivity contribution < 1.29 is 9.52 Å². The van der Waals surface area contributed by atoms with E-state index in [1.165, 1.54) is 0 Å². The van der Waals surface area contributed by atoms with Gasteiger partial charge in [-0.25, -0.2) is 4.79 Å². The van der Waals surface area contributed by atoms with E-state index in [0.717, 1.165) is 10.9 Å². The molecule has 2 heterocycles. The van der Waals surface area contributed by atoms with Crippen molar-refractivity contribution in [2.75, 3.05) is 0 Å². The average molecular weight is 306 g/mol. The van der Waals surface area contributed by atoms with E-state index in [2.05, 4.69) is 10.5 Å². The Morgan fingerprint density at radius 3 is 2.87 bits per heavy atom. The van der Waals surface area contributed by atoms with Crippen LogP contribution >= 0.6 is 0 Å². The van der Waals surface area contributed by atoms with Crippen molar-refractivity contribution >= 4 is 16.7 Å². The minimum Gasteiger partial charge on any atom is -0.508 e. The Labute approximate surface area is 131 Å². The van der Waals surface area contributed by atoms with E-state index in [1.54, 1.807) is 24.3 Å². The monoisotopic (exact) mass is 306 g/mol. The van der Waals surface area contributed by atoms with Gasteiger partial charge in [-0.05, 0) is 29.8 Å². The molecule has 0 saturated carbocycles. The van der Waals surface area contributed by atoms with Crippen LogP contribution in [-0.4, -0.2) is 10.8 Å². The molecule has 0 aliphatic carbocycles. The number of hydrazone groups is 1. The summed E-state index contributed by atoms with van der Waals surface area (Å²) in [5, 5.41) is 14.7. The summed E-state index contributed by atoms with van der Waals surface area (Å²) in [7, 11) is 0. The number of hydrogen-bond acceptors (Lipinski definition) is 5. The van der Waals surface area contributed by atoms with Crippen molar-refractivity contribution in [3.05, 3.63) is 76.1 Å². The Morgan fingerprint density at radius 1 is 1.13 bits per heavy atom. The zero-order valence-corrected chi connectivity index (χ0v) is 12.2. The van der Waals surface area contributed by atoms with Crippen LogP contribution in [0.2, 0.25) is 0 Å². The fourth-order valence-electron chi connectivity index (χ4n) is 2.81. The molecule has 0 bridgehead atoms. The van der Waals surface area contributed by atoms with Crippen LogP contribution in [0.1, 0.15) is 23.6 Å². The Hall–Kier alpha value is -3.08. The van der Waals surface area contributed by atoms with E-state index in [-0.39, 0.29) is 17.4 Å². The van der Waals surface area contributed by atoms with Crippen LogP contribution in [0.4, 0.5) is 0 Å². The Kier molecular flexibility index (Phi) is 3.12. The highest BCUT2D eigenvalue weighted by atomic mass is 16.4. The lowest BCUT2D eigenvalue weighted by molar-refractivity contribution is 0.472. The standard InChI is InChI=1S/C18H14N2O3/c21-13-6-3-5-11(8-13)15-10-16(20-19-15)14-9-12-4-1-2-7-17(12)23-18(14)22/h1-9,15,19,21H,10H2/t15-/m0/s1. The minimum atomic E-state index is -0.388. The second-order valence-electron chi connectivity index (χ2n) is 5.52. The normalized spacial score (nSPS) is 17.0. The third-order valence-electron chi connectivity index (χ3n) is 3.98. The van der Waals surface area contributed by atoms with E-state index in [4.69, 9.17) is 4.42 Å². The Balaban J connectivity index is 1.67.